The standard InChI is InChI=1S/C26H21NO5/c1-30-26(29)21-6-2-4-18(14-21)8-9-19-5-3-7-22(15-19)27-25(28)13-11-20-10-12-23-24(16-20)32-17-31-23/h2-7,10,12,14-16H,11,13,17H2,1H3,(H,27,28). The number of amides is 1. The van der Waals surface area contributed by atoms with Gasteiger partial charge >= 0.3 is 5.97 Å². The van der Waals surface area contributed by atoms with Gasteiger partial charge in [-0.05, 0) is 60.5 Å². The molecule has 160 valence electrons. The van der Waals surface area contributed by atoms with Gasteiger partial charge in [-0.15, -0.1) is 0 Å². The number of esters is 1. The van der Waals surface area contributed by atoms with E-state index in [0.29, 0.717) is 35.4 Å². The average molecular weight is 427 g/mol. The molecular weight excluding hydrogens is 406 g/mol. The summed E-state index contributed by atoms with van der Waals surface area (Å²) in [5.74, 6) is 7.05. The van der Waals surface area contributed by atoms with Crippen LogP contribution in [0.5, 0.6) is 11.5 Å². The fourth-order valence-electron chi connectivity index (χ4n) is 3.24. The summed E-state index contributed by atoms with van der Waals surface area (Å²) >= 11 is 0. The minimum atomic E-state index is -0.404. The van der Waals surface area contributed by atoms with Crippen LogP contribution in [0.4, 0.5) is 5.69 Å². The van der Waals surface area contributed by atoms with E-state index in [9.17, 15) is 9.59 Å². The number of hydrogen-bond acceptors (Lipinski definition) is 5. The third kappa shape index (κ3) is 5.27. The van der Waals surface area contributed by atoms with Crippen LogP contribution >= 0.6 is 0 Å². The molecule has 0 aliphatic carbocycles. The van der Waals surface area contributed by atoms with Gasteiger partial charge < -0.3 is 19.5 Å². The Morgan fingerprint density at radius 1 is 0.938 bits per heavy atom. The number of methoxy groups -OCH3 is 1. The number of benzene rings is 3. The molecule has 0 bridgehead atoms. The van der Waals surface area contributed by atoms with Gasteiger partial charge in [0.05, 0.1) is 12.7 Å². The van der Waals surface area contributed by atoms with Crippen molar-refractivity contribution in [2.24, 2.45) is 0 Å². The zero-order valence-corrected chi connectivity index (χ0v) is 17.5. The Balaban J connectivity index is 1.37. The van der Waals surface area contributed by atoms with Crippen molar-refractivity contribution in [1.82, 2.24) is 0 Å². The SMILES string of the molecule is COC(=O)c1cccc(C#Cc2cccc(NC(=O)CCc3ccc4c(c3)OCO4)c2)c1. The number of aryl methyl sites for hydroxylation is 1. The van der Waals surface area contributed by atoms with Crippen LogP contribution in [0.25, 0.3) is 0 Å². The van der Waals surface area contributed by atoms with E-state index in [4.69, 9.17) is 14.2 Å². The fourth-order valence-corrected chi connectivity index (χ4v) is 3.24. The van der Waals surface area contributed by atoms with Gasteiger partial charge in [0.1, 0.15) is 0 Å². The molecule has 0 saturated heterocycles. The molecule has 6 heteroatoms. The Hall–Kier alpha value is -4.24. The van der Waals surface area contributed by atoms with Crippen molar-refractivity contribution >= 4 is 17.6 Å². The molecule has 1 aliphatic heterocycles. The summed E-state index contributed by atoms with van der Waals surface area (Å²) in [5, 5.41) is 2.91. The zero-order chi connectivity index (χ0) is 22.3. The highest BCUT2D eigenvalue weighted by molar-refractivity contribution is 5.91. The summed E-state index contributed by atoms with van der Waals surface area (Å²) in [6.07, 6.45) is 0.939. The first-order valence-electron chi connectivity index (χ1n) is 10.1. The highest BCUT2D eigenvalue weighted by atomic mass is 16.7. The van der Waals surface area contributed by atoms with Crippen molar-refractivity contribution in [2.75, 3.05) is 19.2 Å². The van der Waals surface area contributed by atoms with E-state index >= 15 is 0 Å². The van der Waals surface area contributed by atoms with Gasteiger partial charge in [-0.3, -0.25) is 4.79 Å². The molecular formula is C26H21NO5. The van der Waals surface area contributed by atoms with Crippen LogP contribution < -0.4 is 14.8 Å². The van der Waals surface area contributed by atoms with E-state index in [0.717, 1.165) is 16.9 Å². The second-order valence-corrected chi connectivity index (χ2v) is 7.14. The van der Waals surface area contributed by atoms with Crippen molar-refractivity contribution in [3.05, 3.63) is 89.0 Å². The molecule has 0 fully saturated rings. The number of ether oxygens (including phenoxy) is 3. The quantitative estimate of drug-likeness (QED) is 0.489. The maximum atomic E-state index is 12.4. The molecule has 0 atom stereocenters. The molecule has 1 amide bonds. The Morgan fingerprint density at radius 3 is 2.50 bits per heavy atom. The molecule has 1 aliphatic rings. The average Bonchev–Trinajstić information content (AvgIpc) is 3.29. The Labute approximate surface area is 186 Å². The lowest BCUT2D eigenvalue weighted by Gasteiger charge is -2.06. The topological polar surface area (TPSA) is 73.9 Å². The minimum absolute atomic E-state index is 0.0847. The van der Waals surface area contributed by atoms with E-state index in [-0.39, 0.29) is 12.7 Å². The summed E-state index contributed by atoms with van der Waals surface area (Å²) in [4.78, 5) is 24.1. The number of hydrogen-bond donors (Lipinski definition) is 1. The van der Waals surface area contributed by atoms with Crippen LogP contribution in [0.1, 0.15) is 33.5 Å². The van der Waals surface area contributed by atoms with E-state index in [1.54, 1.807) is 18.2 Å². The first-order valence-corrected chi connectivity index (χ1v) is 10.1. The van der Waals surface area contributed by atoms with Crippen LogP contribution in [-0.4, -0.2) is 25.8 Å². The Bertz CT molecular complexity index is 1220. The Kier molecular flexibility index (Phi) is 6.38. The van der Waals surface area contributed by atoms with Crippen molar-refractivity contribution in [3.8, 4) is 23.3 Å². The van der Waals surface area contributed by atoms with E-state index < -0.39 is 5.97 Å². The molecule has 4 rings (SSSR count). The second kappa shape index (κ2) is 9.71. The molecule has 0 saturated carbocycles. The van der Waals surface area contributed by atoms with Crippen molar-refractivity contribution in [2.45, 2.75) is 12.8 Å². The number of carbonyl (C=O) groups is 2. The summed E-state index contributed by atoms with van der Waals surface area (Å²) in [5.41, 5.74) is 3.59. The first kappa shape index (κ1) is 21.0. The number of anilines is 1. The van der Waals surface area contributed by atoms with Crippen LogP contribution in [0.15, 0.2) is 66.7 Å². The van der Waals surface area contributed by atoms with Gasteiger partial charge in [-0.2, -0.15) is 0 Å². The van der Waals surface area contributed by atoms with Gasteiger partial charge in [-0.25, -0.2) is 4.79 Å². The normalized spacial score (nSPS) is 11.3. The summed E-state index contributed by atoms with van der Waals surface area (Å²) in [6, 6.07) is 20.0. The summed E-state index contributed by atoms with van der Waals surface area (Å²) < 4.78 is 15.4. The van der Waals surface area contributed by atoms with Crippen LogP contribution in [0, 0.1) is 11.8 Å². The van der Waals surface area contributed by atoms with Gasteiger partial charge in [0, 0.05) is 23.2 Å². The maximum Gasteiger partial charge on any atom is 0.337 e. The molecule has 1 N–H and O–H groups in total. The van der Waals surface area contributed by atoms with E-state index in [2.05, 4.69) is 17.2 Å². The summed E-state index contributed by atoms with van der Waals surface area (Å²) in [6.45, 7) is 0.231. The summed E-state index contributed by atoms with van der Waals surface area (Å²) in [7, 11) is 1.34. The third-order valence-electron chi connectivity index (χ3n) is 4.86. The molecule has 6 nitrogen and oxygen atoms in total. The smallest absolute Gasteiger partial charge is 0.337 e. The van der Waals surface area contributed by atoms with E-state index in [1.165, 1.54) is 7.11 Å². The van der Waals surface area contributed by atoms with Gasteiger partial charge in [0.25, 0.3) is 0 Å². The second-order valence-electron chi connectivity index (χ2n) is 7.14. The zero-order valence-electron chi connectivity index (χ0n) is 17.5. The molecule has 3 aromatic carbocycles. The highest BCUT2D eigenvalue weighted by Gasteiger charge is 2.13. The minimum Gasteiger partial charge on any atom is -0.465 e. The lowest BCUT2D eigenvalue weighted by Crippen LogP contribution is -2.12. The molecule has 0 aromatic heterocycles. The first-order chi connectivity index (χ1) is 15.6. The van der Waals surface area contributed by atoms with Gasteiger partial charge in [-0.1, -0.05) is 30.0 Å². The Morgan fingerprint density at radius 2 is 1.69 bits per heavy atom. The molecule has 32 heavy (non-hydrogen) atoms. The largest absolute Gasteiger partial charge is 0.465 e. The van der Waals surface area contributed by atoms with Gasteiger partial charge in [0.2, 0.25) is 12.7 Å². The fraction of sp³-hybridized carbons (Fsp3) is 0.154. The monoisotopic (exact) mass is 427 g/mol. The predicted molar refractivity (Wildman–Crippen MR) is 120 cm³/mol. The molecule has 0 unspecified atom stereocenters. The van der Waals surface area contributed by atoms with Crippen molar-refractivity contribution in [3.63, 3.8) is 0 Å². The highest BCUT2D eigenvalue weighted by Crippen LogP contribution is 2.32. The number of carbonyl (C=O) groups excluding carboxylic acids is 2. The number of rotatable bonds is 5. The number of fused-ring (bicyclic) bond motifs is 1. The lowest BCUT2D eigenvalue weighted by atomic mass is 10.1. The number of nitrogens with one attached hydrogen (secondary N) is 1. The predicted octanol–water partition coefficient (Wildman–Crippen LogP) is 4.17. The molecule has 0 spiro atoms. The van der Waals surface area contributed by atoms with Crippen LogP contribution in [0.2, 0.25) is 0 Å². The van der Waals surface area contributed by atoms with E-state index in [1.807, 2.05) is 48.5 Å². The lowest BCUT2D eigenvalue weighted by molar-refractivity contribution is -0.116. The van der Waals surface area contributed by atoms with Gasteiger partial charge in [0.15, 0.2) is 11.5 Å². The van der Waals surface area contributed by atoms with Crippen LogP contribution in [-0.2, 0) is 16.0 Å². The van der Waals surface area contributed by atoms with Crippen molar-refractivity contribution < 1.29 is 23.8 Å². The van der Waals surface area contributed by atoms with Crippen LogP contribution in [0.3, 0.4) is 0 Å². The third-order valence-corrected chi connectivity index (χ3v) is 4.86. The molecule has 1 heterocycles. The molecule has 3 aromatic rings. The van der Waals surface area contributed by atoms with Crippen molar-refractivity contribution in [1.29, 1.82) is 0 Å². The molecule has 0 radical (unpaired) electrons. The maximum absolute atomic E-state index is 12.4.